The van der Waals surface area contributed by atoms with Crippen molar-refractivity contribution < 1.29 is 9.53 Å². The highest BCUT2D eigenvalue weighted by Gasteiger charge is 2.16. The van der Waals surface area contributed by atoms with Crippen molar-refractivity contribution in [2.24, 2.45) is 5.73 Å². The molecule has 2 N–H and O–H groups in total. The molecule has 0 spiro atoms. The summed E-state index contributed by atoms with van der Waals surface area (Å²) in [5, 5.41) is 7.92. The second kappa shape index (κ2) is 6.61. The first kappa shape index (κ1) is 15.2. The zero-order valence-corrected chi connectivity index (χ0v) is 14.1. The van der Waals surface area contributed by atoms with E-state index in [1.165, 1.54) is 34.0 Å². The average Bonchev–Trinajstić information content (AvgIpc) is 3.25. The number of rotatable bonds is 5. The van der Waals surface area contributed by atoms with Crippen molar-refractivity contribution in [1.82, 2.24) is 15.0 Å². The molecule has 0 atom stereocenters. The van der Waals surface area contributed by atoms with Gasteiger partial charge in [-0.3, -0.25) is 0 Å². The third-order valence-corrected chi connectivity index (χ3v) is 5.26. The summed E-state index contributed by atoms with van der Waals surface area (Å²) in [4.78, 5) is 24.9. The van der Waals surface area contributed by atoms with Gasteiger partial charge in [0, 0.05) is 22.7 Å². The van der Waals surface area contributed by atoms with Gasteiger partial charge in [0.05, 0.1) is 6.61 Å². The van der Waals surface area contributed by atoms with E-state index >= 15 is 0 Å². The molecule has 3 heterocycles. The fourth-order valence-electron chi connectivity index (χ4n) is 1.68. The minimum absolute atomic E-state index is 0.315. The molecule has 9 heteroatoms. The third kappa shape index (κ3) is 3.07. The summed E-state index contributed by atoms with van der Waals surface area (Å²) in [6.45, 7) is 2.53. The number of ether oxygens (including phenoxy) is 1. The van der Waals surface area contributed by atoms with Crippen molar-refractivity contribution in [3.05, 3.63) is 26.8 Å². The molecule has 0 radical (unpaired) electrons. The molecule has 6 nitrogen and oxygen atoms in total. The zero-order chi connectivity index (χ0) is 15.5. The Kier molecular flexibility index (Phi) is 4.57. The van der Waals surface area contributed by atoms with Crippen molar-refractivity contribution >= 4 is 40.0 Å². The van der Waals surface area contributed by atoms with Gasteiger partial charge in [-0.15, -0.1) is 34.0 Å². The molecule has 0 bridgehead atoms. The number of carbonyl (C=O) groups excluding carboxylic acids is 1. The first-order valence-corrected chi connectivity index (χ1v) is 9.08. The molecule has 0 aliphatic carbocycles. The van der Waals surface area contributed by atoms with Crippen molar-refractivity contribution in [3.63, 3.8) is 0 Å². The number of aromatic nitrogens is 3. The van der Waals surface area contributed by atoms with Crippen molar-refractivity contribution in [1.29, 1.82) is 0 Å². The van der Waals surface area contributed by atoms with E-state index in [1.807, 2.05) is 10.8 Å². The van der Waals surface area contributed by atoms with Crippen LogP contribution in [0.3, 0.4) is 0 Å². The van der Waals surface area contributed by atoms with Crippen molar-refractivity contribution in [2.75, 3.05) is 6.61 Å². The number of carbonyl (C=O) groups is 1. The summed E-state index contributed by atoms with van der Waals surface area (Å²) < 4.78 is 4.93. The van der Waals surface area contributed by atoms with E-state index in [-0.39, 0.29) is 0 Å². The Morgan fingerprint density at radius 2 is 1.77 bits per heavy atom. The van der Waals surface area contributed by atoms with Gasteiger partial charge in [0.15, 0.2) is 5.69 Å². The van der Waals surface area contributed by atoms with E-state index < -0.39 is 5.97 Å². The molecule has 0 aliphatic rings. The number of nitrogens with two attached hydrogens (primary N) is 1. The van der Waals surface area contributed by atoms with Gasteiger partial charge < -0.3 is 10.5 Å². The minimum atomic E-state index is -0.410. The average molecular weight is 352 g/mol. The molecule has 3 aromatic heterocycles. The van der Waals surface area contributed by atoms with E-state index in [0.29, 0.717) is 23.9 Å². The molecule has 0 saturated heterocycles. The number of nitrogens with zero attached hydrogens (tertiary/aromatic N) is 3. The smallest absolute Gasteiger partial charge is 0.357 e. The molecule has 22 heavy (non-hydrogen) atoms. The van der Waals surface area contributed by atoms with Gasteiger partial charge in [0.1, 0.15) is 26.4 Å². The Balaban J connectivity index is 1.83. The summed E-state index contributed by atoms with van der Waals surface area (Å²) in [6, 6.07) is 0. The summed E-state index contributed by atoms with van der Waals surface area (Å²) in [5.74, 6) is -0.410. The van der Waals surface area contributed by atoms with Gasteiger partial charge in [0.25, 0.3) is 0 Å². The highest BCUT2D eigenvalue weighted by Crippen LogP contribution is 2.31. The number of hydrogen-bond donors (Lipinski definition) is 1. The van der Waals surface area contributed by atoms with Gasteiger partial charge in [-0.1, -0.05) is 0 Å². The predicted octanol–water partition coefficient (Wildman–Crippen LogP) is 3.03. The van der Waals surface area contributed by atoms with Gasteiger partial charge >= 0.3 is 5.97 Å². The molecule has 0 unspecified atom stereocenters. The van der Waals surface area contributed by atoms with Crippen LogP contribution >= 0.6 is 34.0 Å². The van der Waals surface area contributed by atoms with E-state index in [4.69, 9.17) is 10.5 Å². The van der Waals surface area contributed by atoms with E-state index in [1.54, 1.807) is 12.3 Å². The Morgan fingerprint density at radius 1 is 1.09 bits per heavy atom. The molecular formula is C13H12N4O2S3. The lowest BCUT2D eigenvalue weighted by atomic mass is 10.4. The van der Waals surface area contributed by atoms with Gasteiger partial charge in [-0.2, -0.15) is 0 Å². The largest absolute Gasteiger partial charge is 0.461 e. The van der Waals surface area contributed by atoms with Crippen LogP contribution in [0.2, 0.25) is 0 Å². The quantitative estimate of drug-likeness (QED) is 0.710. The van der Waals surface area contributed by atoms with Crippen LogP contribution in [-0.2, 0) is 11.3 Å². The summed E-state index contributed by atoms with van der Waals surface area (Å²) in [7, 11) is 0. The molecule has 0 fully saturated rings. The van der Waals surface area contributed by atoms with Crippen LogP contribution < -0.4 is 5.73 Å². The standard InChI is InChI=1S/C13H12N4O2S3/c1-2-19-13(18)9-6-22-12(17-9)8-5-21-11(16-8)7-4-20-10(3-14)15-7/h4-6H,2-3,14H2,1H3. The number of hydrogen-bond acceptors (Lipinski definition) is 9. The lowest BCUT2D eigenvalue weighted by Gasteiger charge is -1.95. The summed E-state index contributed by atoms with van der Waals surface area (Å²) in [5.41, 5.74) is 7.45. The van der Waals surface area contributed by atoms with Crippen LogP contribution in [0.5, 0.6) is 0 Å². The topological polar surface area (TPSA) is 91.0 Å². The van der Waals surface area contributed by atoms with Gasteiger partial charge in [-0.25, -0.2) is 19.7 Å². The Labute approximate surface area is 138 Å². The van der Waals surface area contributed by atoms with E-state index in [2.05, 4.69) is 15.0 Å². The normalized spacial score (nSPS) is 10.8. The van der Waals surface area contributed by atoms with Crippen LogP contribution in [-0.4, -0.2) is 27.5 Å². The molecule has 114 valence electrons. The first-order chi connectivity index (χ1) is 10.7. The first-order valence-electron chi connectivity index (χ1n) is 6.44. The molecule has 3 aromatic rings. The molecule has 0 amide bonds. The van der Waals surface area contributed by atoms with Gasteiger partial charge in [0.2, 0.25) is 0 Å². The van der Waals surface area contributed by atoms with Gasteiger partial charge in [-0.05, 0) is 6.92 Å². The van der Waals surface area contributed by atoms with Crippen LogP contribution in [0.15, 0.2) is 16.1 Å². The maximum Gasteiger partial charge on any atom is 0.357 e. The van der Waals surface area contributed by atoms with Crippen LogP contribution in [0.25, 0.3) is 21.4 Å². The monoisotopic (exact) mass is 352 g/mol. The Morgan fingerprint density at radius 3 is 2.50 bits per heavy atom. The molecule has 0 saturated carbocycles. The fourth-order valence-corrected chi connectivity index (χ4v) is 4.00. The lowest BCUT2D eigenvalue weighted by Crippen LogP contribution is -2.04. The number of thiazole rings is 3. The van der Waals surface area contributed by atoms with Crippen LogP contribution in [0.1, 0.15) is 22.4 Å². The second-order valence-electron chi connectivity index (χ2n) is 4.13. The molecule has 0 aromatic carbocycles. The lowest BCUT2D eigenvalue weighted by molar-refractivity contribution is 0.0520. The summed E-state index contributed by atoms with van der Waals surface area (Å²) >= 11 is 4.38. The number of esters is 1. The highest BCUT2D eigenvalue weighted by molar-refractivity contribution is 7.16. The maximum absolute atomic E-state index is 11.6. The third-order valence-electron chi connectivity index (χ3n) is 2.66. The second-order valence-corrected chi connectivity index (χ2v) is 6.79. The molecular weight excluding hydrogens is 340 g/mol. The Bertz CT molecular complexity index is 793. The Hall–Kier alpha value is -1.68. The van der Waals surface area contributed by atoms with E-state index in [0.717, 1.165) is 21.4 Å². The maximum atomic E-state index is 11.6. The summed E-state index contributed by atoms with van der Waals surface area (Å²) in [6.07, 6.45) is 0. The molecule has 0 aliphatic heterocycles. The SMILES string of the molecule is CCOC(=O)c1csc(-c2csc(-c3csc(CN)n3)n2)n1. The van der Waals surface area contributed by atoms with Crippen molar-refractivity contribution in [3.8, 4) is 21.4 Å². The highest BCUT2D eigenvalue weighted by atomic mass is 32.1. The molecule has 3 rings (SSSR count). The fraction of sp³-hybridized carbons (Fsp3) is 0.231. The van der Waals surface area contributed by atoms with Crippen molar-refractivity contribution in [2.45, 2.75) is 13.5 Å². The zero-order valence-electron chi connectivity index (χ0n) is 11.6. The van der Waals surface area contributed by atoms with Crippen LogP contribution in [0.4, 0.5) is 0 Å². The van der Waals surface area contributed by atoms with Crippen LogP contribution in [0, 0.1) is 0 Å². The minimum Gasteiger partial charge on any atom is -0.461 e. The predicted molar refractivity (Wildman–Crippen MR) is 88.2 cm³/mol. The van der Waals surface area contributed by atoms with E-state index in [9.17, 15) is 4.79 Å².